The molecular weight excluding hydrogens is 206 g/mol. The number of nitrogens with one attached hydrogen (secondary N) is 1. The van der Waals surface area contributed by atoms with Gasteiger partial charge < -0.3 is 5.32 Å². The molecule has 0 aromatic heterocycles. The lowest BCUT2D eigenvalue weighted by atomic mass is 9.82. The molecule has 1 heterocycles. The molecule has 2 aliphatic rings. The van der Waals surface area contributed by atoms with Crippen LogP contribution in [0.2, 0.25) is 0 Å². The predicted molar refractivity (Wildman–Crippen MR) is 73.6 cm³/mol. The molecule has 1 fully saturated rings. The normalized spacial score (nSPS) is 24.5. The molecule has 0 radical (unpaired) electrons. The van der Waals surface area contributed by atoms with Gasteiger partial charge in [-0.2, -0.15) is 0 Å². The predicted octanol–water partition coefficient (Wildman–Crippen LogP) is 4.22. The molecule has 0 spiro atoms. The summed E-state index contributed by atoms with van der Waals surface area (Å²) in [7, 11) is 0. The quantitative estimate of drug-likeness (QED) is 0.760. The minimum absolute atomic E-state index is 0.713. The molecule has 0 saturated heterocycles. The van der Waals surface area contributed by atoms with Crippen molar-refractivity contribution < 1.29 is 0 Å². The average molecular weight is 229 g/mol. The molecule has 1 nitrogen and oxygen atoms in total. The highest BCUT2D eigenvalue weighted by Gasteiger charge is 2.30. The summed E-state index contributed by atoms with van der Waals surface area (Å²) in [5.74, 6) is 0.912. The third-order valence-corrected chi connectivity index (χ3v) is 4.73. The van der Waals surface area contributed by atoms with Crippen molar-refractivity contribution in [3.05, 3.63) is 28.8 Å². The van der Waals surface area contributed by atoms with Crippen molar-refractivity contribution in [2.24, 2.45) is 5.92 Å². The summed E-state index contributed by atoms with van der Waals surface area (Å²) < 4.78 is 0. The van der Waals surface area contributed by atoms with Gasteiger partial charge in [-0.3, -0.25) is 0 Å². The van der Waals surface area contributed by atoms with Crippen molar-refractivity contribution in [2.45, 2.75) is 58.4 Å². The van der Waals surface area contributed by atoms with Crippen molar-refractivity contribution >= 4 is 5.69 Å². The van der Waals surface area contributed by atoms with E-state index in [1.807, 2.05) is 0 Å². The zero-order chi connectivity index (χ0) is 11.8. The molecule has 17 heavy (non-hydrogen) atoms. The van der Waals surface area contributed by atoms with Crippen LogP contribution in [0.4, 0.5) is 5.69 Å². The monoisotopic (exact) mass is 229 g/mol. The van der Waals surface area contributed by atoms with Gasteiger partial charge in [0.2, 0.25) is 0 Å². The lowest BCUT2D eigenvalue weighted by Crippen LogP contribution is -2.28. The Hall–Kier alpha value is -0.980. The van der Waals surface area contributed by atoms with Crippen molar-refractivity contribution in [1.82, 2.24) is 0 Å². The fraction of sp³-hybridized carbons (Fsp3) is 0.625. The second-order valence-corrected chi connectivity index (χ2v) is 5.91. The van der Waals surface area contributed by atoms with Crippen LogP contribution in [-0.4, -0.2) is 6.04 Å². The van der Waals surface area contributed by atoms with Crippen LogP contribution in [0.1, 0.15) is 48.8 Å². The molecule has 1 saturated carbocycles. The van der Waals surface area contributed by atoms with Gasteiger partial charge in [0.05, 0.1) is 0 Å². The lowest BCUT2D eigenvalue weighted by molar-refractivity contribution is 0.321. The lowest BCUT2D eigenvalue weighted by Gasteiger charge is -2.27. The van der Waals surface area contributed by atoms with Crippen LogP contribution in [0.5, 0.6) is 0 Å². The first-order valence-electron chi connectivity index (χ1n) is 7.11. The topological polar surface area (TPSA) is 12.0 Å². The van der Waals surface area contributed by atoms with Gasteiger partial charge in [0.15, 0.2) is 0 Å². The van der Waals surface area contributed by atoms with Crippen molar-refractivity contribution in [1.29, 1.82) is 0 Å². The first kappa shape index (κ1) is 11.1. The molecule has 1 aliphatic carbocycles. The molecule has 1 heteroatoms. The van der Waals surface area contributed by atoms with Gasteiger partial charge in [-0.05, 0) is 55.7 Å². The second kappa shape index (κ2) is 4.36. The fourth-order valence-electron chi connectivity index (χ4n) is 3.61. The third-order valence-electron chi connectivity index (χ3n) is 4.73. The van der Waals surface area contributed by atoms with E-state index in [0.29, 0.717) is 6.04 Å². The number of fused-ring (bicyclic) bond motifs is 1. The molecule has 0 bridgehead atoms. The summed E-state index contributed by atoms with van der Waals surface area (Å²) in [5, 5.41) is 3.81. The smallest absolute Gasteiger partial charge is 0.0408 e. The van der Waals surface area contributed by atoms with E-state index in [1.54, 1.807) is 5.56 Å². The highest BCUT2D eigenvalue weighted by Crippen LogP contribution is 2.38. The SMILES string of the molecule is Cc1ccc(C)c2c1CC(C1CCCCC1)N2. The summed E-state index contributed by atoms with van der Waals surface area (Å²) >= 11 is 0. The first-order valence-corrected chi connectivity index (χ1v) is 7.11. The number of benzene rings is 1. The molecule has 1 aliphatic heterocycles. The average Bonchev–Trinajstić information content (AvgIpc) is 2.81. The minimum atomic E-state index is 0.713. The molecule has 1 N–H and O–H groups in total. The maximum absolute atomic E-state index is 3.81. The molecule has 1 atom stereocenters. The Bertz CT molecular complexity index is 385. The Morgan fingerprint density at radius 1 is 1.00 bits per heavy atom. The molecule has 1 aromatic rings. The van der Waals surface area contributed by atoms with E-state index in [9.17, 15) is 0 Å². The molecule has 1 aromatic carbocycles. The number of hydrogen-bond donors (Lipinski definition) is 1. The van der Waals surface area contributed by atoms with Crippen LogP contribution in [0.25, 0.3) is 0 Å². The van der Waals surface area contributed by atoms with Crippen LogP contribution in [0.3, 0.4) is 0 Å². The number of anilines is 1. The van der Waals surface area contributed by atoms with Crippen LogP contribution in [0.15, 0.2) is 12.1 Å². The van der Waals surface area contributed by atoms with Crippen LogP contribution < -0.4 is 5.32 Å². The summed E-state index contributed by atoms with van der Waals surface area (Å²) in [6.07, 6.45) is 8.46. The van der Waals surface area contributed by atoms with Gasteiger partial charge >= 0.3 is 0 Å². The molecule has 3 rings (SSSR count). The van der Waals surface area contributed by atoms with E-state index >= 15 is 0 Å². The Morgan fingerprint density at radius 3 is 2.41 bits per heavy atom. The van der Waals surface area contributed by atoms with Gasteiger partial charge in [0, 0.05) is 11.7 Å². The largest absolute Gasteiger partial charge is 0.381 e. The number of rotatable bonds is 1. The number of aryl methyl sites for hydroxylation is 2. The van der Waals surface area contributed by atoms with Crippen molar-refractivity contribution in [2.75, 3.05) is 5.32 Å². The van der Waals surface area contributed by atoms with E-state index in [2.05, 4.69) is 31.3 Å². The maximum atomic E-state index is 3.81. The van der Waals surface area contributed by atoms with E-state index < -0.39 is 0 Å². The fourth-order valence-corrected chi connectivity index (χ4v) is 3.61. The zero-order valence-electron chi connectivity index (χ0n) is 11.1. The van der Waals surface area contributed by atoms with Gasteiger partial charge in [-0.1, -0.05) is 31.4 Å². The molecule has 0 amide bonds. The summed E-state index contributed by atoms with van der Waals surface area (Å²) in [4.78, 5) is 0. The van der Waals surface area contributed by atoms with E-state index in [-0.39, 0.29) is 0 Å². The zero-order valence-corrected chi connectivity index (χ0v) is 11.1. The van der Waals surface area contributed by atoms with E-state index in [1.165, 1.54) is 55.3 Å². The summed E-state index contributed by atoms with van der Waals surface area (Å²) in [5.41, 5.74) is 5.92. The Kier molecular flexibility index (Phi) is 2.85. The van der Waals surface area contributed by atoms with Crippen LogP contribution in [0, 0.1) is 19.8 Å². The summed E-state index contributed by atoms with van der Waals surface area (Å²) in [6, 6.07) is 5.24. The Labute approximate surface area is 105 Å². The van der Waals surface area contributed by atoms with Crippen LogP contribution in [-0.2, 0) is 6.42 Å². The maximum Gasteiger partial charge on any atom is 0.0408 e. The van der Waals surface area contributed by atoms with Crippen LogP contribution >= 0.6 is 0 Å². The van der Waals surface area contributed by atoms with Gasteiger partial charge in [-0.15, -0.1) is 0 Å². The van der Waals surface area contributed by atoms with Crippen molar-refractivity contribution in [3.63, 3.8) is 0 Å². The molecular formula is C16H23N. The molecule has 1 unspecified atom stereocenters. The Balaban J connectivity index is 1.82. The van der Waals surface area contributed by atoms with Gasteiger partial charge in [-0.25, -0.2) is 0 Å². The third kappa shape index (κ3) is 1.96. The number of hydrogen-bond acceptors (Lipinski definition) is 1. The van der Waals surface area contributed by atoms with E-state index in [0.717, 1.165) is 5.92 Å². The van der Waals surface area contributed by atoms with Gasteiger partial charge in [0.25, 0.3) is 0 Å². The standard InChI is InChI=1S/C16H23N/c1-11-8-9-12(2)16-14(11)10-15(17-16)13-6-4-3-5-7-13/h8-9,13,15,17H,3-7,10H2,1-2H3. The Morgan fingerprint density at radius 2 is 1.71 bits per heavy atom. The van der Waals surface area contributed by atoms with E-state index in [4.69, 9.17) is 0 Å². The summed E-state index contributed by atoms with van der Waals surface area (Å²) in [6.45, 7) is 4.48. The first-order chi connectivity index (χ1) is 8.25. The van der Waals surface area contributed by atoms with Gasteiger partial charge in [0.1, 0.15) is 0 Å². The highest BCUT2D eigenvalue weighted by molar-refractivity contribution is 5.64. The highest BCUT2D eigenvalue weighted by atomic mass is 15.0. The molecule has 92 valence electrons. The van der Waals surface area contributed by atoms with Crippen molar-refractivity contribution in [3.8, 4) is 0 Å². The second-order valence-electron chi connectivity index (χ2n) is 5.91. The minimum Gasteiger partial charge on any atom is -0.381 e.